The molecule has 0 saturated carbocycles. The lowest BCUT2D eigenvalue weighted by atomic mass is 10.0. The van der Waals surface area contributed by atoms with Gasteiger partial charge >= 0.3 is 0 Å². The smallest absolute Gasteiger partial charge is 0.187 e. The van der Waals surface area contributed by atoms with E-state index in [0.29, 0.717) is 0 Å². The van der Waals surface area contributed by atoms with Gasteiger partial charge in [0.15, 0.2) is 5.82 Å². The van der Waals surface area contributed by atoms with E-state index in [1.165, 1.54) is 16.7 Å². The fraction of sp³-hybridized carbons (Fsp3) is 0.174. The monoisotopic (exact) mass is 354 g/mol. The second kappa shape index (κ2) is 6.80. The summed E-state index contributed by atoms with van der Waals surface area (Å²) in [7, 11) is 0. The number of pyridine rings is 1. The summed E-state index contributed by atoms with van der Waals surface area (Å²) < 4.78 is 2.01. The highest BCUT2D eigenvalue weighted by molar-refractivity contribution is 5.76. The molecule has 0 bridgehead atoms. The van der Waals surface area contributed by atoms with Crippen LogP contribution in [0, 0.1) is 27.7 Å². The Labute approximate surface area is 159 Å². The summed E-state index contributed by atoms with van der Waals surface area (Å²) in [6, 6.07) is 18.5. The number of fused-ring (bicyclic) bond motifs is 1. The van der Waals surface area contributed by atoms with Gasteiger partial charge in [-0.25, -0.2) is 4.98 Å². The molecule has 4 rings (SSSR count). The van der Waals surface area contributed by atoms with Crippen LogP contribution in [0.4, 0.5) is 11.5 Å². The average molecular weight is 354 g/mol. The number of azo groups is 1. The SMILES string of the molecule is Cc1ccc(N=Nc2c(-c3ccc(C)c(C)c3)nc3c(C)cccn23)cc1. The quantitative estimate of drug-likeness (QED) is 0.380. The Morgan fingerprint density at radius 3 is 2.30 bits per heavy atom. The molecule has 0 unspecified atom stereocenters. The Bertz CT molecular complexity index is 1150. The third-order valence-electron chi connectivity index (χ3n) is 4.89. The molecule has 0 spiro atoms. The average Bonchev–Trinajstić information content (AvgIpc) is 3.04. The lowest BCUT2D eigenvalue weighted by Gasteiger charge is -2.04. The highest BCUT2D eigenvalue weighted by atomic mass is 15.2. The Kier molecular flexibility index (Phi) is 4.32. The minimum atomic E-state index is 0.748. The number of aromatic nitrogens is 2. The first-order valence-electron chi connectivity index (χ1n) is 9.06. The van der Waals surface area contributed by atoms with E-state index in [1.54, 1.807) is 0 Å². The van der Waals surface area contributed by atoms with E-state index in [-0.39, 0.29) is 0 Å². The van der Waals surface area contributed by atoms with Gasteiger partial charge in [-0.15, -0.1) is 10.2 Å². The normalized spacial score (nSPS) is 11.6. The molecule has 0 N–H and O–H groups in total. The zero-order valence-electron chi connectivity index (χ0n) is 16.1. The van der Waals surface area contributed by atoms with E-state index < -0.39 is 0 Å². The third kappa shape index (κ3) is 3.26. The lowest BCUT2D eigenvalue weighted by Crippen LogP contribution is -1.85. The summed E-state index contributed by atoms with van der Waals surface area (Å²) in [4.78, 5) is 4.89. The van der Waals surface area contributed by atoms with Crippen LogP contribution >= 0.6 is 0 Å². The van der Waals surface area contributed by atoms with E-state index in [1.807, 2.05) is 40.9 Å². The van der Waals surface area contributed by atoms with Crippen molar-refractivity contribution in [2.45, 2.75) is 27.7 Å². The molecule has 2 heterocycles. The molecule has 134 valence electrons. The first-order chi connectivity index (χ1) is 13.0. The summed E-state index contributed by atoms with van der Waals surface area (Å²) in [6.07, 6.45) is 1.99. The maximum Gasteiger partial charge on any atom is 0.187 e. The van der Waals surface area contributed by atoms with Crippen LogP contribution in [0.1, 0.15) is 22.3 Å². The van der Waals surface area contributed by atoms with E-state index in [4.69, 9.17) is 4.98 Å². The Morgan fingerprint density at radius 2 is 1.56 bits per heavy atom. The van der Waals surface area contributed by atoms with E-state index in [9.17, 15) is 0 Å². The molecule has 4 nitrogen and oxygen atoms in total. The molecule has 0 atom stereocenters. The number of hydrogen-bond acceptors (Lipinski definition) is 3. The van der Waals surface area contributed by atoms with E-state index >= 15 is 0 Å². The summed E-state index contributed by atoms with van der Waals surface area (Å²) in [5.41, 5.74) is 8.46. The van der Waals surface area contributed by atoms with Crippen molar-refractivity contribution in [1.29, 1.82) is 0 Å². The van der Waals surface area contributed by atoms with Gasteiger partial charge in [0.05, 0.1) is 5.69 Å². The van der Waals surface area contributed by atoms with Gasteiger partial charge in [0, 0.05) is 11.8 Å². The molecule has 2 aromatic heterocycles. The molecule has 0 saturated heterocycles. The van der Waals surface area contributed by atoms with Crippen LogP contribution in [-0.4, -0.2) is 9.38 Å². The fourth-order valence-corrected chi connectivity index (χ4v) is 3.09. The van der Waals surface area contributed by atoms with Gasteiger partial charge < -0.3 is 0 Å². The molecule has 0 aliphatic heterocycles. The molecule has 0 aliphatic rings. The number of hydrogen-bond donors (Lipinski definition) is 0. The van der Waals surface area contributed by atoms with Crippen molar-refractivity contribution in [3.05, 3.63) is 83.0 Å². The fourth-order valence-electron chi connectivity index (χ4n) is 3.09. The molecular formula is C23H22N4. The van der Waals surface area contributed by atoms with Gasteiger partial charge in [-0.3, -0.25) is 4.40 Å². The van der Waals surface area contributed by atoms with Crippen molar-refractivity contribution >= 4 is 17.2 Å². The van der Waals surface area contributed by atoms with Crippen LogP contribution in [0.2, 0.25) is 0 Å². The predicted molar refractivity (Wildman–Crippen MR) is 110 cm³/mol. The molecule has 27 heavy (non-hydrogen) atoms. The Hall–Kier alpha value is -3.27. The molecule has 2 aromatic carbocycles. The molecule has 4 aromatic rings. The van der Waals surface area contributed by atoms with Gasteiger partial charge in [0.1, 0.15) is 11.3 Å². The molecule has 4 heteroatoms. The molecule has 0 amide bonds. The lowest BCUT2D eigenvalue weighted by molar-refractivity contribution is 1.10. The second-order valence-corrected chi connectivity index (χ2v) is 7.00. The van der Waals surface area contributed by atoms with Crippen molar-refractivity contribution < 1.29 is 0 Å². The zero-order valence-corrected chi connectivity index (χ0v) is 16.1. The maximum absolute atomic E-state index is 4.89. The Morgan fingerprint density at radius 1 is 0.778 bits per heavy atom. The summed E-state index contributed by atoms with van der Waals surface area (Å²) >= 11 is 0. The van der Waals surface area contributed by atoms with Crippen LogP contribution < -0.4 is 0 Å². The van der Waals surface area contributed by atoms with Gasteiger partial charge in [-0.1, -0.05) is 35.9 Å². The van der Waals surface area contributed by atoms with Crippen LogP contribution in [0.3, 0.4) is 0 Å². The standard InChI is InChI=1S/C23H22N4/c1-15-7-11-20(12-8-15)25-26-23-21(19-10-9-16(2)18(4)14-19)24-22-17(3)6-5-13-27(22)23/h5-14H,1-4H3. The van der Waals surface area contributed by atoms with Crippen LogP contribution in [0.5, 0.6) is 0 Å². The number of benzene rings is 2. The van der Waals surface area contributed by atoms with Crippen LogP contribution in [0.25, 0.3) is 16.9 Å². The summed E-state index contributed by atoms with van der Waals surface area (Å²) in [5.74, 6) is 0.748. The minimum absolute atomic E-state index is 0.748. The second-order valence-electron chi connectivity index (χ2n) is 7.00. The first kappa shape index (κ1) is 17.2. The number of nitrogens with zero attached hydrogens (tertiary/aromatic N) is 4. The minimum Gasteiger partial charge on any atom is -0.282 e. The van der Waals surface area contributed by atoms with Gasteiger partial charge in [-0.05, 0) is 68.7 Å². The first-order valence-corrected chi connectivity index (χ1v) is 9.06. The summed E-state index contributed by atoms with van der Waals surface area (Å²) in [5, 5.41) is 9.05. The Balaban J connectivity index is 1.90. The van der Waals surface area contributed by atoms with E-state index in [2.05, 4.69) is 62.2 Å². The molecule has 0 aliphatic carbocycles. The largest absolute Gasteiger partial charge is 0.282 e. The van der Waals surface area contributed by atoms with Crippen molar-refractivity contribution in [2.24, 2.45) is 10.2 Å². The van der Waals surface area contributed by atoms with Gasteiger partial charge in [0.2, 0.25) is 0 Å². The number of aryl methyl sites for hydroxylation is 4. The maximum atomic E-state index is 4.89. The molecule has 0 radical (unpaired) electrons. The third-order valence-corrected chi connectivity index (χ3v) is 4.89. The molecule has 0 fully saturated rings. The van der Waals surface area contributed by atoms with Crippen molar-refractivity contribution in [1.82, 2.24) is 9.38 Å². The van der Waals surface area contributed by atoms with Crippen molar-refractivity contribution in [3.8, 4) is 11.3 Å². The van der Waals surface area contributed by atoms with E-state index in [0.717, 1.165) is 34.0 Å². The molecular weight excluding hydrogens is 332 g/mol. The zero-order chi connectivity index (χ0) is 19.0. The predicted octanol–water partition coefficient (Wildman–Crippen LogP) is 6.65. The highest BCUT2D eigenvalue weighted by Gasteiger charge is 2.15. The number of rotatable bonds is 3. The number of imidazole rings is 1. The van der Waals surface area contributed by atoms with Gasteiger partial charge in [-0.2, -0.15) is 0 Å². The van der Waals surface area contributed by atoms with Crippen molar-refractivity contribution in [3.63, 3.8) is 0 Å². The van der Waals surface area contributed by atoms with Gasteiger partial charge in [0.25, 0.3) is 0 Å². The highest BCUT2D eigenvalue weighted by Crippen LogP contribution is 2.34. The van der Waals surface area contributed by atoms with Crippen LogP contribution in [-0.2, 0) is 0 Å². The van der Waals surface area contributed by atoms with Crippen LogP contribution in [0.15, 0.2) is 71.0 Å². The van der Waals surface area contributed by atoms with Crippen molar-refractivity contribution in [2.75, 3.05) is 0 Å². The summed E-state index contributed by atoms with van der Waals surface area (Å²) in [6.45, 7) is 8.36. The topological polar surface area (TPSA) is 42.0 Å².